The number of ether oxygens (including phenoxy) is 1. The lowest BCUT2D eigenvalue weighted by atomic mass is 9.98. The van der Waals surface area contributed by atoms with Crippen LogP contribution in [0.2, 0.25) is 0 Å². The molecule has 0 saturated heterocycles. The van der Waals surface area contributed by atoms with Crippen LogP contribution in [-0.4, -0.2) is 31.1 Å². The van der Waals surface area contributed by atoms with Gasteiger partial charge in [-0.15, -0.1) is 0 Å². The van der Waals surface area contributed by atoms with Gasteiger partial charge in [0.2, 0.25) is 11.8 Å². The SMILES string of the molecule is COCC1(NC(=O)CCC(=O)Nc2ccccc2C(C)C)CCCC1. The number of hydrogen-bond donors (Lipinski definition) is 2. The molecule has 5 heteroatoms. The van der Waals surface area contributed by atoms with Crippen molar-refractivity contribution < 1.29 is 14.3 Å². The van der Waals surface area contributed by atoms with E-state index < -0.39 is 0 Å². The summed E-state index contributed by atoms with van der Waals surface area (Å²) in [5.41, 5.74) is 1.69. The van der Waals surface area contributed by atoms with E-state index in [2.05, 4.69) is 24.5 Å². The molecule has 0 bridgehead atoms. The van der Waals surface area contributed by atoms with Crippen LogP contribution in [0.4, 0.5) is 5.69 Å². The van der Waals surface area contributed by atoms with Gasteiger partial charge in [0.05, 0.1) is 12.1 Å². The first-order valence-corrected chi connectivity index (χ1v) is 9.14. The van der Waals surface area contributed by atoms with Gasteiger partial charge in [0.15, 0.2) is 0 Å². The number of rotatable bonds is 8. The van der Waals surface area contributed by atoms with Crippen molar-refractivity contribution in [1.29, 1.82) is 0 Å². The number of para-hydroxylation sites is 1. The maximum absolute atomic E-state index is 12.3. The molecule has 2 N–H and O–H groups in total. The molecule has 0 spiro atoms. The minimum absolute atomic E-state index is 0.0776. The van der Waals surface area contributed by atoms with Gasteiger partial charge in [-0.1, -0.05) is 44.9 Å². The normalized spacial score (nSPS) is 16.0. The van der Waals surface area contributed by atoms with E-state index in [1.807, 2.05) is 24.3 Å². The third-order valence-electron chi connectivity index (χ3n) is 4.82. The van der Waals surface area contributed by atoms with Crippen LogP contribution >= 0.6 is 0 Å². The molecule has 1 fully saturated rings. The van der Waals surface area contributed by atoms with E-state index in [1.165, 1.54) is 0 Å². The summed E-state index contributed by atoms with van der Waals surface area (Å²) in [6, 6.07) is 7.79. The van der Waals surface area contributed by atoms with Gasteiger partial charge in [0.25, 0.3) is 0 Å². The highest BCUT2D eigenvalue weighted by molar-refractivity contribution is 5.94. The lowest BCUT2D eigenvalue weighted by Crippen LogP contribution is -2.49. The van der Waals surface area contributed by atoms with Crippen molar-refractivity contribution in [2.45, 2.75) is 63.8 Å². The number of methoxy groups -OCH3 is 1. The monoisotopic (exact) mass is 346 g/mol. The predicted molar refractivity (Wildman–Crippen MR) is 99.6 cm³/mol. The number of hydrogen-bond acceptors (Lipinski definition) is 3. The highest BCUT2D eigenvalue weighted by Crippen LogP contribution is 2.30. The summed E-state index contributed by atoms with van der Waals surface area (Å²) >= 11 is 0. The first-order valence-electron chi connectivity index (χ1n) is 9.14. The van der Waals surface area contributed by atoms with Crippen LogP contribution < -0.4 is 10.6 Å². The minimum Gasteiger partial charge on any atom is -0.382 e. The number of anilines is 1. The molecule has 138 valence electrons. The van der Waals surface area contributed by atoms with Crippen LogP contribution in [0.1, 0.15) is 63.9 Å². The van der Waals surface area contributed by atoms with Crippen molar-refractivity contribution in [2.24, 2.45) is 0 Å². The Bertz CT molecular complexity index is 592. The first kappa shape index (κ1) is 19.4. The molecular weight excluding hydrogens is 316 g/mol. The van der Waals surface area contributed by atoms with Crippen LogP contribution in [0.5, 0.6) is 0 Å². The topological polar surface area (TPSA) is 67.4 Å². The fourth-order valence-electron chi connectivity index (χ4n) is 3.55. The van der Waals surface area contributed by atoms with E-state index in [4.69, 9.17) is 4.74 Å². The van der Waals surface area contributed by atoms with E-state index in [9.17, 15) is 9.59 Å². The summed E-state index contributed by atoms with van der Waals surface area (Å²) in [6.07, 6.45) is 4.48. The molecule has 0 aromatic heterocycles. The van der Waals surface area contributed by atoms with E-state index >= 15 is 0 Å². The Hall–Kier alpha value is -1.88. The standard InChI is InChI=1S/C20H30N2O3/c1-15(2)16-8-4-5-9-17(16)21-18(23)10-11-19(24)22-20(14-25-3)12-6-7-13-20/h4-5,8-9,15H,6-7,10-14H2,1-3H3,(H,21,23)(H,22,24). The number of carbonyl (C=O) groups is 2. The largest absolute Gasteiger partial charge is 0.382 e. The highest BCUT2D eigenvalue weighted by Gasteiger charge is 2.35. The first-order chi connectivity index (χ1) is 12.0. The second kappa shape index (κ2) is 8.99. The van der Waals surface area contributed by atoms with Crippen molar-refractivity contribution in [2.75, 3.05) is 19.0 Å². The van der Waals surface area contributed by atoms with Gasteiger partial charge in [-0.3, -0.25) is 9.59 Å². The van der Waals surface area contributed by atoms with Crippen LogP contribution in [0.3, 0.4) is 0 Å². The molecular formula is C20H30N2O3. The van der Waals surface area contributed by atoms with E-state index in [0.717, 1.165) is 36.9 Å². The van der Waals surface area contributed by atoms with Crippen LogP contribution in [0.25, 0.3) is 0 Å². The number of nitrogens with one attached hydrogen (secondary N) is 2. The summed E-state index contributed by atoms with van der Waals surface area (Å²) in [7, 11) is 1.66. The second-order valence-corrected chi connectivity index (χ2v) is 7.26. The van der Waals surface area contributed by atoms with Crippen molar-refractivity contribution in [1.82, 2.24) is 5.32 Å². The predicted octanol–water partition coefficient (Wildman–Crippen LogP) is 3.60. The molecule has 0 atom stereocenters. The van der Waals surface area contributed by atoms with Crippen LogP contribution in [-0.2, 0) is 14.3 Å². The zero-order valence-corrected chi connectivity index (χ0v) is 15.6. The molecule has 1 aromatic rings. The molecule has 1 aliphatic rings. The lowest BCUT2D eigenvalue weighted by Gasteiger charge is -2.29. The van der Waals surface area contributed by atoms with Gasteiger partial charge in [0, 0.05) is 25.6 Å². The Morgan fingerprint density at radius 1 is 1.12 bits per heavy atom. The maximum atomic E-state index is 12.3. The molecule has 0 heterocycles. The molecule has 0 aliphatic heterocycles. The van der Waals surface area contributed by atoms with Gasteiger partial charge >= 0.3 is 0 Å². The Morgan fingerprint density at radius 3 is 2.40 bits per heavy atom. The molecule has 5 nitrogen and oxygen atoms in total. The zero-order chi connectivity index (χ0) is 18.3. The Morgan fingerprint density at radius 2 is 1.76 bits per heavy atom. The van der Waals surface area contributed by atoms with Crippen molar-refractivity contribution in [3.8, 4) is 0 Å². The van der Waals surface area contributed by atoms with Gasteiger partial charge in [0.1, 0.15) is 0 Å². The molecule has 1 aliphatic carbocycles. The maximum Gasteiger partial charge on any atom is 0.224 e. The van der Waals surface area contributed by atoms with Gasteiger partial charge < -0.3 is 15.4 Å². The Balaban J connectivity index is 1.84. The number of carbonyl (C=O) groups excluding carboxylic acids is 2. The smallest absolute Gasteiger partial charge is 0.224 e. The summed E-state index contributed by atoms with van der Waals surface area (Å²) < 4.78 is 5.28. The van der Waals surface area contributed by atoms with Crippen molar-refractivity contribution in [3.63, 3.8) is 0 Å². The zero-order valence-electron chi connectivity index (χ0n) is 15.6. The van der Waals surface area contributed by atoms with Gasteiger partial charge in [-0.25, -0.2) is 0 Å². The third-order valence-corrected chi connectivity index (χ3v) is 4.82. The molecule has 2 rings (SSSR count). The van der Waals surface area contributed by atoms with Crippen LogP contribution in [0, 0.1) is 0 Å². The summed E-state index contributed by atoms with van der Waals surface area (Å²) in [4.78, 5) is 24.5. The lowest BCUT2D eigenvalue weighted by molar-refractivity contribution is -0.126. The highest BCUT2D eigenvalue weighted by atomic mass is 16.5. The second-order valence-electron chi connectivity index (χ2n) is 7.26. The van der Waals surface area contributed by atoms with Gasteiger partial charge in [-0.2, -0.15) is 0 Å². The Labute approximate surface area is 150 Å². The third kappa shape index (κ3) is 5.56. The quantitative estimate of drug-likeness (QED) is 0.756. The minimum atomic E-state index is -0.244. The van der Waals surface area contributed by atoms with E-state index in [1.54, 1.807) is 7.11 Å². The van der Waals surface area contributed by atoms with E-state index in [0.29, 0.717) is 12.5 Å². The molecule has 25 heavy (non-hydrogen) atoms. The average Bonchev–Trinajstić information content (AvgIpc) is 3.02. The Kier molecular flexibility index (Phi) is 7.00. The number of amides is 2. The summed E-state index contributed by atoms with van der Waals surface area (Å²) in [5.74, 6) is 0.123. The average molecular weight is 346 g/mol. The van der Waals surface area contributed by atoms with Crippen LogP contribution in [0.15, 0.2) is 24.3 Å². The molecule has 1 saturated carbocycles. The van der Waals surface area contributed by atoms with E-state index in [-0.39, 0.29) is 30.2 Å². The number of benzene rings is 1. The molecule has 0 radical (unpaired) electrons. The molecule has 0 unspecified atom stereocenters. The summed E-state index contributed by atoms with van der Waals surface area (Å²) in [6.45, 7) is 4.72. The fraction of sp³-hybridized carbons (Fsp3) is 0.600. The molecule has 2 amide bonds. The van der Waals surface area contributed by atoms with Crippen molar-refractivity contribution >= 4 is 17.5 Å². The van der Waals surface area contributed by atoms with Gasteiger partial charge in [-0.05, 0) is 30.4 Å². The van der Waals surface area contributed by atoms with Crippen molar-refractivity contribution in [3.05, 3.63) is 29.8 Å². The molecule has 1 aromatic carbocycles. The summed E-state index contributed by atoms with van der Waals surface area (Å²) in [5, 5.41) is 6.03. The fourth-order valence-corrected chi connectivity index (χ4v) is 3.55.